The first-order valence-corrected chi connectivity index (χ1v) is 10.0. The second kappa shape index (κ2) is 9.13. The Morgan fingerprint density at radius 2 is 1.89 bits per heavy atom. The number of aromatic nitrogens is 2. The number of benzene rings is 1. The number of carbonyl (C=O) groups is 1. The highest BCUT2D eigenvalue weighted by molar-refractivity contribution is 5.79. The molecule has 1 aliphatic heterocycles. The van der Waals surface area contributed by atoms with E-state index < -0.39 is 0 Å². The molecule has 1 saturated heterocycles. The molecule has 146 valence electrons. The maximum absolute atomic E-state index is 12.7. The van der Waals surface area contributed by atoms with E-state index in [2.05, 4.69) is 15.2 Å². The predicted octanol–water partition coefficient (Wildman–Crippen LogP) is 2.48. The van der Waals surface area contributed by atoms with Gasteiger partial charge in [0.15, 0.2) is 0 Å². The van der Waals surface area contributed by atoms with Gasteiger partial charge in [-0.25, -0.2) is 4.98 Å². The maximum atomic E-state index is 12.7. The second-order valence-electron chi connectivity index (χ2n) is 7.58. The van der Waals surface area contributed by atoms with Crippen LogP contribution < -0.4 is 10.9 Å². The van der Waals surface area contributed by atoms with Crippen molar-refractivity contribution in [2.45, 2.75) is 58.5 Å². The Bertz CT molecular complexity index is 838. The zero-order valence-electron chi connectivity index (χ0n) is 16.4. The van der Waals surface area contributed by atoms with E-state index in [-0.39, 0.29) is 24.1 Å². The summed E-state index contributed by atoms with van der Waals surface area (Å²) < 4.78 is 1.46. The minimum Gasteiger partial charge on any atom is -0.352 e. The first-order chi connectivity index (χ1) is 13.0. The molecule has 6 nitrogen and oxygen atoms in total. The van der Waals surface area contributed by atoms with Crippen LogP contribution in [0.3, 0.4) is 0 Å². The molecule has 6 heteroatoms. The second-order valence-corrected chi connectivity index (χ2v) is 7.58. The average Bonchev–Trinajstić information content (AvgIpc) is 2.92. The van der Waals surface area contributed by atoms with Crippen molar-refractivity contribution in [2.24, 2.45) is 0 Å². The molecule has 0 aliphatic carbocycles. The van der Waals surface area contributed by atoms with Gasteiger partial charge >= 0.3 is 0 Å². The van der Waals surface area contributed by atoms with E-state index >= 15 is 0 Å². The first-order valence-electron chi connectivity index (χ1n) is 10.0. The van der Waals surface area contributed by atoms with Crippen molar-refractivity contribution in [3.05, 3.63) is 40.4 Å². The Labute approximate surface area is 160 Å². The highest BCUT2D eigenvalue weighted by Gasteiger charge is 2.15. The number of nitrogens with one attached hydrogen (secondary N) is 1. The van der Waals surface area contributed by atoms with Gasteiger partial charge in [0.05, 0.1) is 10.9 Å². The molecule has 27 heavy (non-hydrogen) atoms. The smallest absolute Gasteiger partial charge is 0.261 e. The zero-order valence-corrected chi connectivity index (χ0v) is 16.4. The molecular weight excluding hydrogens is 340 g/mol. The van der Waals surface area contributed by atoms with Crippen molar-refractivity contribution in [1.82, 2.24) is 19.8 Å². The molecule has 2 heterocycles. The van der Waals surface area contributed by atoms with Crippen molar-refractivity contribution in [3.8, 4) is 0 Å². The number of fused-ring (bicyclic) bond motifs is 1. The average molecular weight is 370 g/mol. The quantitative estimate of drug-likeness (QED) is 0.848. The van der Waals surface area contributed by atoms with Crippen molar-refractivity contribution < 1.29 is 4.79 Å². The number of para-hydroxylation sites is 1. The van der Waals surface area contributed by atoms with E-state index in [0.717, 1.165) is 26.1 Å². The molecule has 1 aromatic carbocycles. The van der Waals surface area contributed by atoms with E-state index in [1.807, 2.05) is 25.1 Å². The molecule has 1 aromatic heterocycles. The van der Waals surface area contributed by atoms with E-state index in [1.54, 1.807) is 13.0 Å². The van der Waals surface area contributed by atoms with Crippen molar-refractivity contribution in [1.29, 1.82) is 0 Å². The molecule has 0 spiro atoms. The SMILES string of the molecule is Cc1nc2ccccc2c(=O)n1CC(=O)N[C@@H](C)CCN1CCCCCC1. The molecule has 0 radical (unpaired) electrons. The van der Waals surface area contributed by atoms with Crippen LogP contribution in [0.5, 0.6) is 0 Å². The van der Waals surface area contributed by atoms with Gasteiger partial charge in [-0.2, -0.15) is 0 Å². The summed E-state index contributed by atoms with van der Waals surface area (Å²) in [5.74, 6) is 0.423. The van der Waals surface area contributed by atoms with Gasteiger partial charge < -0.3 is 10.2 Å². The number of nitrogens with zero attached hydrogens (tertiary/aromatic N) is 3. The number of amides is 1. The van der Waals surface area contributed by atoms with Crippen LogP contribution >= 0.6 is 0 Å². The normalized spacial score (nSPS) is 16.8. The van der Waals surface area contributed by atoms with Crippen LogP contribution in [-0.2, 0) is 11.3 Å². The highest BCUT2D eigenvalue weighted by Crippen LogP contribution is 2.10. The molecule has 0 saturated carbocycles. The summed E-state index contributed by atoms with van der Waals surface area (Å²) >= 11 is 0. The Hall–Kier alpha value is -2.21. The van der Waals surface area contributed by atoms with Crippen LogP contribution in [0.1, 0.15) is 44.9 Å². The molecule has 1 atom stereocenters. The lowest BCUT2D eigenvalue weighted by molar-refractivity contribution is -0.122. The summed E-state index contributed by atoms with van der Waals surface area (Å²) in [7, 11) is 0. The third-order valence-electron chi connectivity index (χ3n) is 5.34. The largest absolute Gasteiger partial charge is 0.352 e. The van der Waals surface area contributed by atoms with Crippen LogP contribution in [0.15, 0.2) is 29.1 Å². The van der Waals surface area contributed by atoms with Crippen LogP contribution in [0.25, 0.3) is 10.9 Å². The third kappa shape index (κ3) is 5.16. The molecule has 1 N–H and O–H groups in total. The highest BCUT2D eigenvalue weighted by atomic mass is 16.2. The topological polar surface area (TPSA) is 67.2 Å². The van der Waals surface area contributed by atoms with Crippen LogP contribution in [-0.4, -0.2) is 46.0 Å². The number of carbonyl (C=O) groups excluding carboxylic acids is 1. The summed E-state index contributed by atoms with van der Waals surface area (Å²) in [6.07, 6.45) is 6.14. The third-order valence-corrected chi connectivity index (χ3v) is 5.34. The summed E-state index contributed by atoms with van der Waals surface area (Å²) in [5, 5.41) is 3.58. The van der Waals surface area contributed by atoms with Gasteiger partial charge in [-0.3, -0.25) is 14.2 Å². The fourth-order valence-corrected chi connectivity index (χ4v) is 3.74. The number of hydrogen-bond acceptors (Lipinski definition) is 4. The lowest BCUT2D eigenvalue weighted by Crippen LogP contribution is -2.40. The lowest BCUT2D eigenvalue weighted by atomic mass is 10.2. The molecule has 2 aromatic rings. The monoisotopic (exact) mass is 370 g/mol. The summed E-state index contributed by atoms with van der Waals surface area (Å²) in [6.45, 7) is 7.15. The van der Waals surface area contributed by atoms with Gasteiger partial charge in [-0.15, -0.1) is 0 Å². The van der Waals surface area contributed by atoms with Crippen LogP contribution in [0.4, 0.5) is 0 Å². The van der Waals surface area contributed by atoms with Crippen molar-refractivity contribution >= 4 is 16.8 Å². The maximum Gasteiger partial charge on any atom is 0.261 e. The summed E-state index contributed by atoms with van der Waals surface area (Å²) in [5.41, 5.74) is 0.507. The summed E-state index contributed by atoms with van der Waals surface area (Å²) in [4.78, 5) is 32.1. The Kier molecular flexibility index (Phi) is 6.61. The molecule has 1 aliphatic rings. The number of rotatable bonds is 6. The minimum absolute atomic E-state index is 0.0105. The van der Waals surface area contributed by atoms with Crippen LogP contribution in [0, 0.1) is 6.92 Å². The molecule has 1 fully saturated rings. The molecule has 3 rings (SSSR count). The molecule has 0 unspecified atom stereocenters. The standard InChI is InChI=1S/C21H30N4O2/c1-16(11-14-24-12-7-3-4-8-13-24)22-20(26)15-25-17(2)23-19-10-6-5-9-18(19)21(25)27/h5-6,9-10,16H,3-4,7-8,11-15H2,1-2H3,(H,22,26)/t16-/m0/s1. The lowest BCUT2D eigenvalue weighted by Gasteiger charge is -2.22. The Morgan fingerprint density at radius 1 is 1.19 bits per heavy atom. The minimum atomic E-state index is -0.162. The van der Waals surface area contributed by atoms with Crippen molar-refractivity contribution in [2.75, 3.05) is 19.6 Å². The van der Waals surface area contributed by atoms with Crippen molar-refractivity contribution in [3.63, 3.8) is 0 Å². The molecular formula is C21H30N4O2. The van der Waals surface area contributed by atoms with Gasteiger partial charge in [0.1, 0.15) is 12.4 Å². The fraction of sp³-hybridized carbons (Fsp3) is 0.571. The Balaban J connectivity index is 1.57. The fourth-order valence-electron chi connectivity index (χ4n) is 3.74. The van der Waals surface area contributed by atoms with Gasteiger partial charge in [-0.05, 0) is 58.3 Å². The number of hydrogen-bond donors (Lipinski definition) is 1. The predicted molar refractivity (Wildman–Crippen MR) is 108 cm³/mol. The molecule has 1 amide bonds. The Morgan fingerprint density at radius 3 is 2.63 bits per heavy atom. The van der Waals surface area contributed by atoms with E-state index in [4.69, 9.17) is 0 Å². The summed E-state index contributed by atoms with van der Waals surface area (Å²) in [6, 6.07) is 7.33. The van der Waals surface area contributed by atoms with Gasteiger partial charge in [-0.1, -0.05) is 25.0 Å². The first kappa shape index (κ1) is 19.5. The number of aryl methyl sites for hydroxylation is 1. The van der Waals surface area contributed by atoms with Crippen LogP contribution in [0.2, 0.25) is 0 Å². The van der Waals surface area contributed by atoms with Gasteiger partial charge in [0.2, 0.25) is 5.91 Å². The van der Waals surface area contributed by atoms with E-state index in [0.29, 0.717) is 16.7 Å². The van der Waals surface area contributed by atoms with Gasteiger partial charge in [0.25, 0.3) is 5.56 Å². The van der Waals surface area contributed by atoms with E-state index in [1.165, 1.54) is 30.3 Å². The zero-order chi connectivity index (χ0) is 19.2. The van der Waals surface area contributed by atoms with E-state index in [9.17, 15) is 9.59 Å². The number of likely N-dealkylation sites (tertiary alicyclic amines) is 1. The molecule has 0 bridgehead atoms. The van der Waals surface area contributed by atoms with Gasteiger partial charge in [0, 0.05) is 12.6 Å².